The zero-order valence-corrected chi connectivity index (χ0v) is 12.0. The normalized spacial score (nSPS) is 14.8. The second-order valence-electron chi connectivity index (χ2n) is 4.86. The number of benzene rings is 1. The fraction of sp³-hybridized carbons (Fsp3) is 0.500. The van der Waals surface area contributed by atoms with Crippen molar-refractivity contribution in [2.75, 3.05) is 18.2 Å². The number of carbonyl (C=O) groups excluding carboxylic acids is 1. The van der Waals surface area contributed by atoms with Crippen molar-refractivity contribution in [3.05, 3.63) is 18.2 Å². The van der Waals surface area contributed by atoms with E-state index in [9.17, 15) is 4.79 Å². The summed E-state index contributed by atoms with van der Waals surface area (Å²) in [6, 6.07) is 5.27. The van der Waals surface area contributed by atoms with Gasteiger partial charge in [-0.2, -0.15) is 0 Å². The van der Waals surface area contributed by atoms with Crippen molar-refractivity contribution in [1.29, 1.82) is 0 Å². The highest BCUT2D eigenvalue weighted by Crippen LogP contribution is 2.29. The summed E-state index contributed by atoms with van der Waals surface area (Å²) in [7, 11) is 1.59. The summed E-state index contributed by atoms with van der Waals surface area (Å²) in [6.07, 6.45) is 5.43. The van der Waals surface area contributed by atoms with Gasteiger partial charge in [-0.1, -0.05) is 12.8 Å². The molecule has 0 radical (unpaired) electrons. The molecule has 0 aromatic heterocycles. The van der Waals surface area contributed by atoms with E-state index in [2.05, 4.69) is 5.32 Å². The average molecular weight is 285 g/mol. The molecule has 1 amide bonds. The van der Waals surface area contributed by atoms with E-state index in [0.717, 1.165) is 0 Å². The highest BCUT2D eigenvalue weighted by atomic mass is 35.5. The molecule has 0 unspecified atom stereocenters. The molecule has 0 saturated heterocycles. The first-order valence-corrected chi connectivity index (χ1v) is 6.42. The van der Waals surface area contributed by atoms with E-state index >= 15 is 0 Å². The summed E-state index contributed by atoms with van der Waals surface area (Å²) in [5.41, 5.74) is 7.03. The molecule has 2 rings (SSSR count). The van der Waals surface area contributed by atoms with Gasteiger partial charge >= 0.3 is 0 Å². The van der Waals surface area contributed by atoms with Gasteiger partial charge in [0.1, 0.15) is 5.75 Å². The summed E-state index contributed by atoms with van der Waals surface area (Å²) in [4.78, 5) is 11.9. The zero-order chi connectivity index (χ0) is 13.0. The van der Waals surface area contributed by atoms with E-state index in [4.69, 9.17) is 10.5 Å². The Bertz CT molecular complexity index is 431. The Morgan fingerprint density at radius 3 is 2.74 bits per heavy atom. The number of rotatable bonds is 4. The number of amides is 1. The standard InChI is InChI=1S/C14H20N2O2.ClH/c1-18-11-6-7-12(15)13(9-11)16-14(17)8-10-4-2-3-5-10;/h6-7,9-10H,2-5,8,15H2,1H3,(H,16,17);1H. The van der Waals surface area contributed by atoms with Gasteiger partial charge in [-0.3, -0.25) is 4.79 Å². The van der Waals surface area contributed by atoms with Crippen molar-refractivity contribution in [3.8, 4) is 5.75 Å². The number of hydrogen-bond acceptors (Lipinski definition) is 3. The smallest absolute Gasteiger partial charge is 0.224 e. The number of carbonyl (C=O) groups is 1. The highest BCUT2D eigenvalue weighted by molar-refractivity contribution is 5.94. The van der Waals surface area contributed by atoms with Crippen LogP contribution in [0.15, 0.2) is 18.2 Å². The Labute approximate surface area is 120 Å². The molecular formula is C14H21ClN2O2. The number of nitrogen functional groups attached to an aromatic ring is 1. The van der Waals surface area contributed by atoms with Crippen molar-refractivity contribution >= 4 is 29.7 Å². The number of ether oxygens (including phenoxy) is 1. The summed E-state index contributed by atoms with van der Waals surface area (Å²) < 4.78 is 5.12. The Morgan fingerprint density at radius 1 is 1.42 bits per heavy atom. The van der Waals surface area contributed by atoms with Crippen LogP contribution in [0.5, 0.6) is 5.75 Å². The Balaban J connectivity index is 0.00000180. The van der Waals surface area contributed by atoms with Crippen LogP contribution in [0.4, 0.5) is 11.4 Å². The molecule has 1 aromatic rings. The third kappa shape index (κ3) is 4.31. The molecule has 19 heavy (non-hydrogen) atoms. The van der Waals surface area contributed by atoms with Crippen LogP contribution in [0, 0.1) is 5.92 Å². The molecule has 0 bridgehead atoms. The maximum Gasteiger partial charge on any atom is 0.224 e. The third-order valence-corrected chi connectivity index (χ3v) is 3.48. The van der Waals surface area contributed by atoms with Crippen LogP contribution in [0.1, 0.15) is 32.1 Å². The summed E-state index contributed by atoms with van der Waals surface area (Å²) in [5.74, 6) is 1.28. The van der Waals surface area contributed by atoms with Crippen LogP contribution in [0.3, 0.4) is 0 Å². The fourth-order valence-corrected chi connectivity index (χ4v) is 2.45. The minimum atomic E-state index is 0. The molecule has 106 valence electrons. The Hall–Kier alpha value is -1.42. The van der Waals surface area contributed by atoms with Gasteiger partial charge in [0.05, 0.1) is 18.5 Å². The predicted molar refractivity (Wildman–Crippen MR) is 79.9 cm³/mol. The Kier molecular flexibility index (Phi) is 5.96. The number of halogens is 1. The number of methoxy groups -OCH3 is 1. The molecule has 0 spiro atoms. The summed E-state index contributed by atoms with van der Waals surface area (Å²) in [6.45, 7) is 0. The minimum absolute atomic E-state index is 0. The van der Waals surface area contributed by atoms with Crippen molar-refractivity contribution in [2.24, 2.45) is 5.92 Å². The molecule has 0 heterocycles. The van der Waals surface area contributed by atoms with Gasteiger partial charge in [0.2, 0.25) is 5.91 Å². The lowest BCUT2D eigenvalue weighted by Crippen LogP contribution is -2.16. The van der Waals surface area contributed by atoms with Gasteiger partial charge in [0, 0.05) is 12.5 Å². The first-order valence-electron chi connectivity index (χ1n) is 6.42. The highest BCUT2D eigenvalue weighted by Gasteiger charge is 2.18. The second kappa shape index (κ2) is 7.24. The molecule has 1 aromatic carbocycles. The molecule has 0 aliphatic heterocycles. The Morgan fingerprint density at radius 2 is 2.11 bits per heavy atom. The van der Waals surface area contributed by atoms with Crippen LogP contribution in [-0.2, 0) is 4.79 Å². The molecule has 5 heteroatoms. The zero-order valence-electron chi connectivity index (χ0n) is 11.1. The molecule has 4 nitrogen and oxygen atoms in total. The molecule has 1 fully saturated rings. The van der Waals surface area contributed by atoms with Crippen molar-refractivity contribution in [2.45, 2.75) is 32.1 Å². The lowest BCUT2D eigenvalue weighted by atomic mass is 10.0. The van der Waals surface area contributed by atoms with E-state index in [0.29, 0.717) is 29.5 Å². The molecule has 1 saturated carbocycles. The van der Waals surface area contributed by atoms with Crippen LogP contribution >= 0.6 is 12.4 Å². The molecule has 0 atom stereocenters. The van der Waals surface area contributed by atoms with E-state index in [-0.39, 0.29) is 18.3 Å². The molecule has 1 aliphatic rings. The number of nitrogens with two attached hydrogens (primary N) is 1. The van der Waals surface area contributed by atoms with Crippen LogP contribution in [-0.4, -0.2) is 13.0 Å². The van der Waals surface area contributed by atoms with Gasteiger partial charge in [-0.15, -0.1) is 12.4 Å². The summed E-state index contributed by atoms with van der Waals surface area (Å²) >= 11 is 0. The number of anilines is 2. The lowest BCUT2D eigenvalue weighted by Gasteiger charge is -2.12. The summed E-state index contributed by atoms with van der Waals surface area (Å²) in [5, 5.41) is 2.87. The van der Waals surface area contributed by atoms with Crippen LogP contribution < -0.4 is 15.8 Å². The monoisotopic (exact) mass is 284 g/mol. The van der Waals surface area contributed by atoms with Crippen LogP contribution in [0.25, 0.3) is 0 Å². The average Bonchev–Trinajstić information content (AvgIpc) is 2.84. The third-order valence-electron chi connectivity index (χ3n) is 3.48. The predicted octanol–water partition coefficient (Wildman–Crippen LogP) is 3.22. The van der Waals surface area contributed by atoms with Crippen LogP contribution in [0.2, 0.25) is 0 Å². The molecular weight excluding hydrogens is 264 g/mol. The first-order chi connectivity index (χ1) is 8.69. The largest absolute Gasteiger partial charge is 0.497 e. The van der Waals surface area contributed by atoms with E-state index in [1.807, 2.05) is 0 Å². The minimum Gasteiger partial charge on any atom is -0.497 e. The second-order valence-corrected chi connectivity index (χ2v) is 4.86. The number of nitrogens with one attached hydrogen (secondary N) is 1. The van der Waals surface area contributed by atoms with Crippen molar-refractivity contribution in [3.63, 3.8) is 0 Å². The van der Waals surface area contributed by atoms with Gasteiger partial charge in [-0.25, -0.2) is 0 Å². The van der Waals surface area contributed by atoms with Gasteiger partial charge in [0.25, 0.3) is 0 Å². The maximum absolute atomic E-state index is 11.9. The van der Waals surface area contributed by atoms with E-state index in [1.54, 1.807) is 25.3 Å². The van der Waals surface area contributed by atoms with Gasteiger partial charge in [0.15, 0.2) is 0 Å². The molecule has 3 N–H and O–H groups in total. The van der Waals surface area contributed by atoms with Gasteiger partial charge in [-0.05, 0) is 30.9 Å². The quantitative estimate of drug-likeness (QED) is 0.835. The van der Waals surface area contributed by atoms with E-state index < -0.39 is 0 Å². The van der Waals surface area contributed by atoms with Gasteiger partial charge < -0.3 is 15.8 Å². The van der Waals surface area contributed by atoms with E-state index in [1.165, 1.54) is 25.7 Å². The van der Waals surface area contributed by atoms with Crippen molar-refractivity contribution < 1.29 is 9.53 Å². The van der Waals surface area contributed by atoms with Crippen molar-refractivity contribution in [1.82, 2.24) is 0 Å². The number of hydrogen-bond donors (Lipinski definition) is 2. The first kappa shape index (κ1) is 15.6. The SMILES string of the molecule is COc1ccc(N)c(NC(=O)CC2CCCC2)c1.Cl. The fourth-order valence-electron chi connectivity index (χ4n) is 2.45. The molecule has 1 aliphatic carbocycles. The maximum atomic E-state index is 11.9. The topological polar surface area (TPSA) is 64.3 Å². The lowest BCUT2D eigenvalue weighted by molar-refractivity contribution is -0.117.